The van der Waals surface area contributed by atoms with Gasteiger partial charge in [-0.2, -0.15) is 0 Å². The Morgan fingerprint density at radius 2 is 2.08 bits per heavy atom. The molecule has 0 saturated carbocycles. The molecule has 0 aliphatic carbocycles. The molecule has 0 N–H and O–H groups in total. The molecule has 0 fully saturated rings. The van der Waals surface area contributed by atoms with Gasteiger partial charge in [0.2, 0.25) is 0 Å². The van der Waals surface area contributed by atoms with E-state index in [0.29, 0.717) is 17.7 Å². The summed E-state index contributed by atoms with van der Waals surface area (Å²) in [7, 11) is 1.57. The van der Waals surface area contributed by atoms with E-state index < -0.39 is 0 Å². The van der Waals surface area contributed by atoms with Crippen LogP contribution in [0, 0.1) is 0 Å². The van der Waals surface area contributed by atoms with Crippen LogP contribution >= 0.6 is 0 Å². The number of para-hydroxylation sites is 1. The number of halogens is 1. The van der Waals surface area contributed by atoms with Crippen molar-refractivity contribution in [2.24, 2.45) is 0 Å². The van der Waals surface area contributed by atoms with E-state index in [1.165, 1.54) is 0 Å². The largest absolute Gasteiger partial charge is 0.496 e. The molecule has 1 aromatic rings. The van der Waals surface area contributed by atoms with Gasteiger partial charge >= 0.3 is 0 Å². The summed E-state index contributed by atoms with van der Waals surface area (Å²) in [6, 6.07) is 7.34. The van der Waals surface area contributed by atoms with Crippen molar-refractivity contribution in [2.45, 2.75) is 6.92 Å². The summed E-state index contributed by atoms with van der Waals surface area (Å²) in [5, 5.41) is 0. The van der Waals surface area contributed by atoms with Crippen molar-refractivity contribution in [3.05, 3.63) is 36.2 Å². The highest BCUT2D eigenvalue weighted by Crippen LogP contribution is 2.24. The minimum atomic E-state index is 0.576. The Labute approximate surface area is 71.5 Å². The molecule has 0 bridgehead atoms. The van der Waals surface area contributed by atoms with Gasteiger partial charge < -0.3 is 4.74 Å². The van der Waals surface area contributed by atoms with E-state index in [9.17, 15) is 4.39 Å². The Morgan fingerprint density at radius 3 is 2.67 bits per heavy atom. The summed E-state index contributed by atoms with van der Waals surface area (Å²) in [5.41, 5.74) is 1.37. The molecule has 2 heteroatoms. The van der Waals surface area contributed by atoms with Crippen molar-refractivity contribution in [2.75, 3.05) is 7.11 Å². The first-order valence-corrected chi connectivity index (χ1v) is 3.70. The summed E-state index contributed by atoms with van der Waals surface area (Å²) in [6.45, 7) is 1.71. The predicted molar refractivity (Wildman–Crippen MR) is 47.8 cm³/mol. The van der Waals surface area contributed by atoms with Gasteiger partial charge in [-0.25, -0.2) is 4.39 Å². The minimum absolute atomic E-state index is 0.576. The lowest BCUT2D eigenvalue weighted by Gasteiger charge is -2.06. The molecule has 64 valence electrons. The number of methoxy groups -OCH3 is 1. The Morgan fingerprint density at radius 1 is 1.42 bits per heavy atom. The van der Waals surface area contributed by atoms with Crippen LogP contribution in [0.1, 0.15) is 12.5 Å². The SMILES string of the molecule is COc1ccccc1/C(C)=C/F. The first-order valence-electron chi connectivity index (χ1n) is 3.70. The van der Waals surface area contributed by atoms with Gasteiger partial charge in [0.25, 0.3) is 0 Å². The van der Waals surface area contributed by atoms with Gasteiger partial charge in [0.15, 0.2) is 0 Å². The predicted octanol–water partition coefficient (Wildman–Crippen LogP) is 3.03. The molecule has 0 unspecified atom stereocenters. The van der Waals surface area contributed by atoms with Crippen molar-refractivity contribution in [1.29, 1.82) is 0 Å². The summed E-state index contributed by atoms with van der Waals surface area (Å²) < 4.78 is 17.2. The maximum atomic E-state index is 12.2. The van der Waals surface area contributed by atoms with E-state index >= 15 is 0 Å². The maximum absolute atomic E-state index is 12.2. The lowest BCUT2D eigenvalue weighted by molar-refractivity contribution is 0.413. The number of benzene rings is 1. The molecule has 0 radical (unpaired) electrons. The molecule has 0 spiro atoms. The maximum Gasteiger partial charge on any atom is 0.126 e. The fraction of sp³-hybridized carbons (Fsp3) is 0.200. The molecule has 0 atom stereocenters. The Balaban J connectivity index is 3.13. The van der Waals surface area contributed by atoms with E-state index in [1.807, 2.05) is 24.3 Å². The zero-order valence-corrected chi connectivity index (χ0v) is 7.17. The molecule has 0 aliphatic heterocycles. The smallest absolute Gasteiger partial charge is 0.126 e. The average Bonchev–Trinajstić information content (AvgIpc) is 2.16. The second-order valence-electron chi connectivity index (χ2n) is 2.49. The van der Waals surface area contributed by atoms with Crippen LogP contribution in [-0.2, 0) is 0 Å². The molecule has 0 aromatic heterocycles. The van der Waals surface area contributed by atoms with Crippen LogP contribution in [0.4, 0.5) is 4.39 Å². The molecule has 0 amide bonds. The first-order chi connectivity index (χ1) is 5.79. The fourth-order valence-corrected chi connectivity index (χ4v) is 1.03. The van der Waals surface area contributed by atoms with Crippen molar-refractivity contribution >= 4 is 5.57 Å². The summed E-state index contributed by atoms with van der Waals surface area (Å²) >= 11 is 0. The van der Waals surface area contributed by atoms with Gasteiger partial charge in [0.05, 0.1) is 13.4 Å². The summed E-state index contributed by atoms with van der Waals surface area (Å²) in [6.07, 6.45) is 0.581. The van der Waals surface area contributed by atoms with Gasteiger partial charge in [0.1, 0.15) is 5.75 Å². The summed E-state index contributed by atoms with van der Waals surface area (Å²) in [4.78, 5) is 0. The number of hydrogen-bond donors (Lipinski definition) is 0. The number of ether oxygens (including phenoxy) is 1. The normalized spacial score (nSPS) is 11.4. The lowest BCUT2D eigenvalue weighted by Crippen LogP contribution is -1.88. The van der Waals surface area contributed by atoms with E-state index in [1.54, 1.807) is 14.0 Å². The molecule has 1 rings (SSSR count). The van der Waals surface area contributed by atoms with Gasteiger partial charge in [-0.05, 0) is 18.6 Å². The molecule has 0 saturated heterocycles. The van der Waals surface area contributed by atoms with Gasteiger partial charge in [-0.15, -0.1) is 0 Å². The molecule has 0 heterocycles. The van der Waals surface area contributed by atoms with Crippen molar-refractivity contribution < 1.29 is 9.13 Å². The van der Waals surface area contributed by atoms with E-state index in [0.717, 1.165) is 5.56 Å². The Bertz CT molecular complexity index is 292. The van der Waals surface area contributed by atoms with Crippen molar-refractivity contribution in [3.63, 3.8) is 0 Å². The highest BCUT2D eigenvalue weighted by Gasteiger charge is 2.02. The number of allylic oxidation sites excluding steroid dienone is 1. The zero-order chi connectivity index (χ0) is 8.97. The van der Waals surface area contributed by atoms with Crippen LogP contribution in [0.3, 0.4) is 0 Å². The van der Waals surface area contributed by atoms with Crippen LogP contribution < -0.4 is 4.74 Å². The highest BCUT2D eigenvalue weighted by molar-refractivity contribution is 5.67. The molecule has 12 heavy (non-hydrogen) atoms. The van der Waals surface area contributed by atoms with Gasteiger partial charge in [0, 0.05) is 5.56 Å². The second-order valence-corrected chi connectivity index (χ2v) is 2.49. The number of rotatable bonds is 2. The zero-order valence-electron chi connectivity index (χ0n) is 7.17. The third kappa shape index (κ3) is 1.64. The van der Waals surface area contributed by atoms with Crippen molar-refractivity contribution in [1.82, 2.24) is 0 Å². The Hall–Kier alpha value is -1.31. The average molecular weight is 166 g/mol. The molecular formula is C10H11FO. The first kappa shape index (κ1) is 8.78. The van der Waals surface area contributed by atoms with Crippen LogP contribution in [0.2, 0.25) is 0 Å². The van der Waals surface area contributed by atoms with Crippen LogP contribution in [-0.4, -0.2) is 7.11 Å². The third-order valence-electron chi connectivity index (χ3n) is 1.70. The number of hydrogen-bond acceptors (Lipinski definition) is 1. The second kappa shape index (κ2) is 3.90. The Kier molecular flexibility index (Phi) is 2.86. The van der Waals surface area contributed by atoms with E-state index in [4.69, 9.17) is 4.74 Å². The van der Waals surface area contributed by atoms with E-state index in [2.05, 4.69) is 0 Å². The third-order valence-corrected chi connectivity index (χ3v) is 1.70. The van der Waals surface area contributed by atoms with Crippen LogP contribution in [0.25, 0.3) is 5.57 Å². The standard InChI is InChI=1S/C10H11FO/c1-8(7-11)9-5-3-4-6-10(9)12-2/h3-7H,1-2H3/b8-7+. The van der Waals surface area contributed by atoms with Crippen LogP contribution in [0.15, 0.2) is 30.6 Å². The van der Waals surface area contributed by atoms with Crippen LogP contribution in [0.5, 0.6) is 5.75 Å². The summed E-state index contributed by atoms with van der Waals surface area (Å²) in [5.74, 6) is 0.698. The molecular weight excluding hydrogens is 155 g/mol. The van der Waals surface area contributed by atoms with Gasteiger partial charge in [-0.1, -0.05) is 18.2 Å². The topological polar surface area (TPSA) is 9.23 Å². The monoisotopic (exact) mass is 166 g/mol. The molecule has 0 aliphatic rings. The fourth-order valence-electron chi connectivity index (χ4n) is 1.03. The van der Waals surface area contributed by atoms with Gasteiger partial charge in [-0.3, -0.25) is 0 Å². The molecule has 1 nitrogen and oxygen atoms in total. The van der Waals surface area contributed by atoms with E-state index in [-0.39, 0.29) is 0 Å². The minimum Gasteiger partial charge on any atom is -0.496 e. The quantitative estimate of drug-likeness (QED) is 0.656. The molecule has 1 aromatic carbocycles. The van der Waals surface area contributed by atoms with Crippen molar-refractivity contribution in [3.8, 4) is 5.75 Å². The lowest BCUT2D eigenvalue weighted by atomic mass is 10.1. The highest BCUT2D eigenvalue weighted by atomic mass is 19.1.